The third kappa shape index (κ3) is 2.38. The first-order valence-electron chi connectivity index (χ1n) is 3.70. The largest absolute Gasteiger partial charge is 0.497 e. The maximum Gasteiger partial charge on any atom is 0.118 e. The lowest BCUT2D eigenvalue weighted by Crippen LogP contribution is -1.81. The number of hydrogen-bond acceptors (Lipinski definition) is 1. The summed E-state index contributed by atoms with van der Waals surface area (Å²) in [5, 5.41) is 0. The van der Waals surface area contributed by atoms with Crippen LogP contribution in [-0.2, 0) is 0 Å². The van der Waals surface area contributed by atoms with Crippen LogP contribution in [-0.4, -0.2) is 7.11 Å². The Kier molecular flexibility index (Phi) is 2.86. The van der Waals surface area contributed by atoms with E-state index in [0.717, 1.165) is 11.3 Å². The van der Waals surface area contributed by atoms with Gasteiger partial charge in [-0.15, -0.1) is 0 Å². The minimum Gasteiger partial charge on any atom is -0.497 e. The van der Waals surface area contributed by atoms with Crippen molar-refractivity contribution in [2.24, 2.45) is 0 Å². The van der Waals surface area contributed by atoms with Crippen LogP contribution in [0.25, 0.3) is 6.08 Å². The summed E-state index contributed by atoms with van der Waals surface area (Å²) in [5.74, 6) is 0.587. The van der Waals surface area contributed by atoms with Crippen LogP contribution in [0.15, 0.2) is 30.1 Å². The predicted octanol–water partition coefficient (Wildman–Crippen LogP) is 3.03. The number of methoxy groups -OCH3 is 1. The highest BCUT2D eigenvalue weighted by Gasteiger charge is 1.91. The normalized spacial score (nSPS) is 11.4. The van der Waals surface area contributed by atoms with Gasteiger partial charge in [-0.3, -0.25) is 0 Å². The molecule has 0 N–H and O–H groups in total. The number of hydrogen-bond donors (Lipinski definition) is 0. The van der Waals surface area contributed by atoms with Crippen LogP contribution in [0.3, 0.4) is 0 Å². The van der Waals surface area contributed by atoms with Crippen LogP contribution >= 0.6 is 0 Å². The van der Waals surface area contributed by atoms with E-state index in [9.17, 15) is 4.39 Å². The lowest BCUT2D eigenvalue weighted by Gasteiger charge is -1.98. The summed E-state index contributed by atoms with van der Waals surface area (Å²) in [6.07, 6.45) is 1.47. The molecule has 0 aliphatic rings. The average Bonchev–Trinajstić information content (AvgIpc) is 2.05. The molecule has 12 heavy (non-hydrogen) atoms. The zero-order chi connectivity index (χ0) is 8.97. The molecule has 0 aliphatic carbocycles. The first-order chi connectivity index (χ1) is 5.72. The van der Waals surface area contributed by atoms with Crippen molar-refractivity contribution in [2.75, 3.05) is 7.11 Å². The molecule has 0 radical (unpaired) electrons. The highest BCUT2D eigenvalue weighted by atomic mass is 19.1. The van der Waals surface area contributed by atoms with Gasteiger partial charge >= 0.3 is 0 Å². The van der Waals surface area contributed by atoms with Crippen LogP contribution in [0.5, 0.6) is 5.75 Å². The lowest BCUT2D eigenvalue weighted by atomic mass is 10.2. The quantitative estimate of drug-likeness (QED) is 0.656. The second-order valence-electron chi connectivity index (χ2n) is 2.50. The van der Waals surface area contributed by atoms with E-state index in [1.807, 2.05) is 12.1 Å². The molecule has 0 spiro atoms. The van der Waals surface area contributed by atoms with Gasteiger partial charge in [0, 0.05) is 0 Å². The second kappa shape index (κ2) is 3.90. The van der Waals surface area contributed by atoms with Crippen LogP contribution < -0.4 is 4.74 Å². The molecule has 0 bridgehead atoms. The molecular formula is C10H11FO. The van der Waals surface area contributed by atoms with Crippen LogP contribution in [0.2, 0.25) is 0 Å². The molecule has 1 aromatic carbocycles. The number of allylic oxidation sites excluding steroid dienone is 1. The minimum atomic E-state index is -0.194. The van der Waals surface area contributed by atoms with Crippen LogP contribution in [0.1, 0.15) is 12.5 Å². The zero-order valence-electron chi connectivity index (χ0n) is 7.17. The smallest absolute Gasteiger partial charge is 0.118 e. The van der Waals surface area contributed by atoms with E-state index >= 15 is 0 Å². The van der Waals surface area contributed by atoms with E-state index in [1.54, 1.807) is 19.2 Å². The fourth-order valence-corrected chi connectivity index (χ4v) is 0.930. The molecule has 64 valence electrons. The molecule has 0 aliphatic heterocycles. The fraction of sp³-hybridized carbons (Fsp3) is 0.200. The molecule has 0 fully saturated rings. The van der Waals surface area contributed by atoms with Crippen molar-refractivity contribution >= 4 is 6.08 Å². The predicted molar refractivity (Wildman–Crippen MR) is 47.8 cm³/mol. The molecule has 0 saturated carbocycles. The Hall–Kier alpha value is -1.31. The van der Waals surface area contributed by atoms with Gasteiger partial charge in [0.15, 0.2) is 0 Å². The Labute approximate surface area is 71.5 Å². The Bertz CT molecular complexity index is 270. The molecule has 0 amide bonds. The van der Waals surface area contributed by atoms with Gasteiger partial charge in [0.25, 0.3) is 0 Å². The van der Waals surface area contributed by atoms with Gasteiger partial charge in [-0.05, 0) is 30.7 Å². The fourth-order valence-electron chi connectivity index (χ4n) is 0.930. The van der Waals surface area contributed by atoms with E-state index < -0.39 is 0 Å². The van der Waals surface area contributed by atoms with E-state index in [0.29, 0.717) is 0 Å². The molecule has 0 unspecified atom stereocenters. The van der Waals surface area contributed by atoms with Crippen molar-refractivity contribution in [1.82, 2.24) is 0 Å². The Balaban J connectivity index is 2.85. The second-order valence-corrected chi connectivity index (χ2v) is 2.50. The van der Waals surface area contributed by atoms with Crippen molar-refractivity contribution in [3.63, 3.8) is 0 Å². The van der Waals surface area contributed by atoms with E-state index in [2.05, 4.69) is 0 Å². The van der Waals surface area contributed by atoms with Gasteiger partial charge in [-0.1, -0.05) is 12.1 Å². The molecule has 0 saturated heterocycles. The van der Waals surface area contributed by atoms with E-state index in [-0.39, 0.29) is 5.83 Å². The number of ether oxygens (including phenoxy) is 1. The molecule has 0 aromatic heterocycles. The first-order valence-corrected chi connectivity index (χ1v) is 3.70. The average molecular weight is 166 g/mol. The molecule has 0 heterocycles. The Morgan fingerprint density at radius 1 is 1.33 bits per heavy atom. The summed E-state index contributed by atoms with van der Waals surface area (Å²) in [7, 11) is 1.60. The van der Waals surface area contributed by atoms with Crippen molar-refractivity contribution in [3.8, 4) is 5.75 Å². The molecular weight excluding hydrogens is 155 g/mol. The molecule has 1 rings (SSSR count). The Morgan fingerprint density at radius 2 is 1.92 bits per heavy atom. The SMILES string of the molecule is COc1ccc(/C=C(/C)F)cc1. The maximum atomic E-state index is 12.4. The third-order valence-corrected chi connectivity index (χ3v) is 1.48. The molecule has 0 atom stereocenters. The summed E-state index contributed by atoms with van der Waals surface area (Å²) < 4.78 is 17.4. The zero-order valence-corrected chi connectivity index (χ0v) is 7.17. The number of rotatable bonds is 2. The Morgan fingerprint density at radius 3 is 2.33 bits per heavy atom. The van der Waals surface area contributed by atoms with Gasteiger partial charge in [-0.2, -0.15) is 0 Å². The van der Waals surface area contributed by atoms with Crippen molar-refractivity contribution in [3.05, 3.63) is 35.7 Å². The summed E-state index contributed by atoms with van der Waals surface area (Å²) in [4.78, 5) is 0. The van der Waals surface area contributed by atoms with Gasteiger partial charge in [0.2, 0.25) is 0 Å². The monoisotopic (exact) mass is 166 g/mol. The lowest BCUT2D eigenvalue weighted by molar-refractivity contribution is 0.415. The highest BCUT2D eigenvalue weighted by molar-refractivity contribution is 5.51. The molecule has 2 heteroatoms. The van der Waals surface area contributed by atoms with Crippen LogP contribution in [0, 0.1) is 0 Å². The van der Waals surface area contributed by atoms with Gasteiger partial charge in [0.1, 0.15) is 5.75 Å². The maximum absolute atomic E-state index is 12.4. The van der Waals surface area contributed by atoms with Gasteiger partial charge < -0.3 is 4.74 Å². The summed E-state index contributed by atoms with van der Waals surface area (Å²) >= 11 is 0. The van der Waals surface area contributed by atoms with Gasteiger partial charge in [0.05, 0.1) is 12.9 Å². The number of benzene rings is 1. The third-order valence-electron chi connectivity index (χ3n) is 1.48. The summed E-state index contributed by atoms with van der Waals surface area (Å²) in [6.45, 7) is 1.42. The van der Waals surface area contributed by atoms with Crippen molar-refractivity contribution in [1.29, 1.82) is 0 Å². The van der Waals surface area contributed by atoms with Crippen molar-refractivity contribution < 1.29 is 9.13 Å². The minimum absolute atomic E-state index is 0.194. The molecule has 1 nitrogen and oxygen atoms in total. The molecule has 1 aromatic rings. The highest BCUT2D eigenvalue weighted by Crippen LogP contribution is 2.13. The van der Waals surface area contributed by atoms with Crippen molar-refractivity contribution in [2.45, 2.75) is 6.92 Å². The van der Waals surface area contributed by atoms with E-state index in [1.165, 1.54) is 13.0 Å². The topological polar surface area (TPSA) is 9.23 Å². The van der Waals surface area contributed by atoms with Gasteiger partial charge in [-0.25, -0.2) is 4.39 Å². The first kappa shape index (κ1) is 8.78. The van der Waals surface area contributed by atoms with Crippen LogP contribution in [0.4, 0.5) is 4.39 Å². The summed E-state index contributed by atoms with van der Waals surface area (Å²) in [6, 6.07) is 7.22. The van der Waals surface area contributed by atoms with E-state index in [4.69, 9.17) is 4.74 Å². The number of halogens is 1. The standard InChI is InChI=1S/C10H11FO/c1-8(11)7-9-3-5-10(12-2)6-4-9/h3-7H,1-2H3/b8-7-. The summed E-state index contributed by atoms with van der Waals surface area (Å²) in [5.41, 5.74) is 0.843.